The summed E-state index contributed by atoms with van der Waals surface area (Å²) in [6.07, 6.45) is 24.8. The van der Waals surface area contributed by atoms with Crippen LogP contribution in [0.25, 0.3) is 0 Å². The first kappa shape index (κ1) is 31.2. The maximum absolute atomic E-state index is 3.71. The van der Waals surface area contributed by atoms with Crippen molar-refractivity contribution in [3.8, 4) is 0 Å². The average molecular weight is 530 g/mol. The lowest BCUT2D eigenvalue weighted by Gasteiger charge is -2.37. The van der Waals surface area contributed by atoms with Crippen LogP contribution in [0.3, 0.4) is 0 Å². The summed E-state index contributed by atoms with van der Waals surface area (Å²) in [6, 6.07) is 22.8. The number of hydrogen-bond donors (Lipinski definition) is 1. The first-order valence-corrected chi connectivity index (χ1v) is 16.2. The highest BCUT2D eigenvalue weighted by Crippen LogP contribution is 2.43. The summed E-state index contributed by atoms with van der Waals surface area (Å²) < 4.78 is 2.47. The average Bonchev–Trinajstić information content (AvgIpc) is 3.44. The number of nitrogens with zero attached hydrogens (tertiary/aromatic N) is 1. The normalized spacial score (nSPS) is 14.0. The van der Waals surface area contributed by atoms with E-state index in [1.54, 1.807) is 0 Å². The standard InChI is InChI=1S/C37H56N2/c1-5-6-7-8-9-10-11-12-13-14-15-16-23-28-35(36-38-29-30-39(36)32(2)3)37(4,34-26-21-18-22-27-34)31-33-24-19-17-20-25-33/h17-22,24-27,29-30,32,35H,5-16,23,28,31H2,1-4H3/p+1. The summed E-state index contributed by atoms with van der Waals surface area (Å²) in [5.41, 5.74) is 2.86. The molecule has 2 heteroatoms. The lowest BCUT2D eigenvalue weighted by atomic mass is 9.66. The van der Waals surface area contributed by atoms with Crippen molar-refractivity contribution in [2.75, 3.05) is 0 Å². The van der Waals surface area contributed by atoms with Crippen LogP contribution in [-0.4, -0.2) is 4.98 Å². The van der Waals surface area contributed by atoms with Crippen LogP contribution in [0.5, 0.6) is 0 Å². The third-order valence-corrected chi connectivity index (χ3v) is 8.84. The largest absolute Gasteiger partial charge is 0.258 e. The van der Waals surface area contributed by atoms with Crippen LogP contribution in [0.1, 0.15) is 146 Å². The molecule has 1 heterocycles. The molecule has 1 aromatic heterocycles. The molecule has 2 nitrogen and oxygen atoms in total. The molecule has 1 N–H and O–H groups in total. The van der Waals surface area contributed by atoms with E-state index in [1.165, 1.54) is 107 Å². The molecule has 0 saturated carbocycles. The van der Waals surface area contributed by atoms with E-state index in [-0.39, 0.29) is 5.41 Å². The van der Waals surface area contributed by atoms with Gasteiger partial charge in [0.05, 0.1) is 12.0 Å². The Morgan fingerprint density at radius 1 is 0.692 bits per heavy atom. The Kier molecular flexibility index (Phi) is 13.9. The molecule has 2 atom stereocenters. The zero-order valence-electron chi connectivity index (χ0n) is 25.6. The van der Waals surface area contributed by atoms with Crippen LogP contribution in [0, 0.1) is 0 Å². The van der Waals surface area contributed by atoms with E-state index in [4.69, 9.17) is 0 Å². The minimum atomic E-state index is 0.00123. The molecule has 0 aliphatic rings. The number of benzene rings is 2. The molecule has 0 radical (unpaired) electrons. The van der Waals surface area contributed by atoms with Crippen LogP contribution in [0.15, 0.2) is 73.1 Å². The molecule has 0 amide bonds. The number of rotatable bonds is 20. The minimum Gasteiger partial charge on any atom is -0.247 e. The van der Waals surface area contributed by atoms with Crippen molar-refractivity contribution in [1.29, 1.82) is 0 Å². The topological polar surface area (TPSA) is 19.7 Å². The SMILES string of the molecule is CCCCCCCCCCCCCCCC(c1[nH]cc[n+]1C(C)C)C(C)(Cc1ccccc1)c1ccccc1. The maximum atomic E-state index is 3.71. The van der Waals surface area contributed by atoms with Crippen LogP contribution in [0.2, 0.25) is 0 Å². The van der Waals surface area contributed by atoms with E-state index in [0.29, 0.717) is 12.0 Å². The van der Waals surface area contributed by atoms with Gasteiger partial charge >= 0.3 is 0 Å². The Morgan fingerprint density at radius 2 is 1.21 bits per heavy atom. The maximum Gasteiger partial charge on any atom is 0.258 e. The summed E-state index contributed by atoms with van der Waals surface area (Å²) in [7, 11) is 0. The molecule has 0 aliphatic heterocycles. The molecule has 3 rings (SSSR count). The van der Waals surface area contributed by atoms with Crippen molar-refractivity contribution in [3.05, 3.63) is 90.0 Å². The van der Waals surface area contributed by atoms with Crippen molar-refractivity contribution in [3.63, 3.8) is 0 Å². The van der Waals surface area contributed by atoms with Gasteiger partial charge in [-0.3, -0.25) is 0 Å². The van der Waals surface area contributed by atoms with Crippen molar-refractivity contribution in [2.24, 2.45) is 0 Å². The number of imidazole rings is 1. The molecule has 2 unspecified atom stereocenters. The summed E-state index contributed by atoms with van der Waals surface area (Å²) >= 11 is 0. The molecular formula is C37H57N2+. The van der Waals surface area contributed by atoms with Gasteiger partial charge in [0, 0.05) is 5.41 Å². The third kappa shape index (κ3) is 9.96. The Bertz CT molecular complexity index is 1010. The first-order valence-electron chi connectivity index (χ1n) is 16.2. The molecular weight excluding hydrogens is 472 g/mol. The van der Waals surface area contributed by atoms with Crippen molar-refractivity contribution in [1.82, 2.24) is 4.98 Å². The number of hydrogen-bond acceptors (Lipinski definition) is 0. The van der Waals surface area contributed by atoms with Gasteiger partial charge in [0.25, 0.3) is 5.82 Å². The van der Waals surface area contributed by atoms with Gasteiger partial charge in [-0.1, -0.05) is 158 Å². The summed E-state index contributed by atoms with van der Waals surface area (Å²) in [5, 5.41) is 0. The number of nitrogens with one attached hydrogen (secondary N) is 1. The fraction of sp³-hybridized carbons (Fsp3) is 0.595. The zero-order chi connectivity index (χ0) is 27.8. The first-order chi connectivity index (χ1) is 19.1. The van der Waals surface area contributed by atoms with E-state index >= 15 is 0 Å². The number of H-pyrrole nitrogens is 1. The number of unbranched alkanes of at least 4 members (excludes halogenated alkanes) is 12. The highest BCUT2D eigenvalue weighted by molar-refractivity contribution is 5.32. The highest BCUT2D eigenvalue weighted by atomic mass is 15.1. The Balaban J connectivity index is 1.62. The predicted octanol–water partition coefficient (Wildman–Crippen LogP) is 10.6. The molecule has 3 aromatic rings. The molecule has 0 saturated heterocycles. The predicted molar refractivity (Wildman–Crippen MR) is 168 cm³/mol. The second-order valence-electron chi connectivity index (χ2n) is 12.4. The summed E-state index contributed by atoms with van der Waals surface area (Å²) in [6.45, 7) is 9.41. The van der Waals surface area contributed by atoms with E-state index in [9.17, 15) is 0 Å². The third-order valence-electron chi connectivity index (χ3n) is 8.84. The Hall–Kier alpha value is -2.35. The molecule has 0 aliphatic carbocycles. The zero-order valence-corrected chi connectivity index (χ0v) is 25.6. The Labute approximate surface area is 240 Å². The van der Waals surface area contributed by atoms with Gasteiger partial charge in [-0.05, 0) is 37.8 Å². The lowest BCUT2D eigenvalue weighted by Crippen LogP contribution is -2.45. The molecule has 0 fully saturated rings. The minimum absolute atomic E-state index is 0.00123. The summed E-state index contributed by atoms with van der Waals surface area (Å²) in [5.74, 6) is 1.80. The van der Waals surface area contributed by atoms with Crippen molar-refractivity contribution >= 4 is 0 Å². The number of aromatic nitrogens is 2. The molecule has 39 heavy (non-hydrogen) atoms. The van der Waals surface area contributed by atoms with Gasteiger partial charge in [-0.15, -0.1) is 0 Å². The van der Waals surface area contributed by atoms with Crippen LogP contribution >= 0.6 is 0 Å². The number of aromatic amines is 1. The van der Waals surface area contributed by atoms with E-state index in [0.717, 1.165) is 6.42 Å². The lowest BCUT2D eigenvalue weighted by molar-refractivity contribution is -0.723. The quantitative estimate of drug-likeness (QED) is 0.111. The van der Waals surface area contributed by atoms with Gasteiger partial charge in [0.1, 0.15) is 12.4 Å². The monoisotopic (exact) mass is 529 g/mol. The van der Waals surface area contributed by atoms with E-state index in [2.05, 4.69) is 110 Å². The van der Waals surface area contributed by atoms with Crippen LogP contribution in [0.4, 0.5) is 0 Å². The fourth-order valence-electron chi connectivity index (χ4n) is 6.48. The van der Waals surface area contributed by atoms with Gasteiger partial charge in [0.15, 0.2) is 0 Å². The molecule has 0 spiro atoms. The highest BCUT2D eigenvalue weighted by Gasteiger charge is 2.42. The van der Waals surface area contributed by atoms with Crippen molar-refractivity contribution < 1.29 is 4.57 Å². The van der Waals surface area contributed by atoms with Crippen LogP contribution < -0.4 is 4.57 Å². The van der Waals surface area contributed by atoms with Gasteiger partial charge < -0.3 is 0 Å². The van der Waals surface area contributed by atoms with Gasteiger partial charge in [-0.25, -0.2) is 9.55 Å². The van der Waals surface area contributed by atoms with Crippen LogP contribution in [-0.2, 0) is 11.8 Å². The van der Waals surface area contributed by atoms with Gasteiger partial charge in [0.2, 0.25) is 0 Å². The van der Waals surface area contributed by atoms with E-state index < -0.39 is 0 Å². The Morgan fingerprint density at radius 3 is 1.74 bits per heavy atom. The van der Waals surface area contributed by atoms with Crippen molar-refractivity contribution in [2.45, 2.75) is 141 Å². The smallest absolute Gasteiger partial charge is 0.247 e. The second-order valence-corrected chi connectivity index (χ2v) is 12.4. The molecule has 214 valence electrons. The fourth-order valence-corrected chi connectivity index (χ4v) is 6.48. The van der Waals surface area contributed by atoms with Gasteiger partial charge in [-0.2, -0.15) is 0 Å². The molecule has 0 bridgehead atoms. The summed E-state index contributed by atoms with van der Waals surface area (Å²) in [4.78, 5) is 3.71. The van der Waals surface area contributed by atoms with E-state index in [1.807, 2.05) is 0 Å². The molecule has 2 aromatic carbocycles. The second kappa shape index (κ2) is 17.4.